The predicted molar refractivity (Wildman–Crippen MR) is 105 cm³/mol. The van der Waals surface area contributed by atoms with E-state index < -0.39 is 16.0 Å². The van der Waals surface area contributed by atoms with Gasteiger partial charge in [-0.3, -0.25) is 0 Å². The first-order chi connectivity index (χ1) is 12.3. The zero-order valence-corrected chi connectivity index (χ0v) is 16.3. The number of aromatic nitrogens is 1. The van der Waals surface area contributed by atoms with Crippen molar-refractivity contribution in [1.82, 2.24) is 3.97 Å². The van der Waals surface area contributed by atoms with Crippen LogP contribution in [0.5, 0.6) is 0 Å². The number of para-hydroxylation sites is 1. The summed E-state index contributed by atoms with van der Waals surface area (Å²) in [7, 11) is -3.89. The molecule has 0 aliphatic rings. The Morgan fingerprint density at radius 2 is 1.81 bits per heavy atom. The van der Waals surface area contributed by atoms with E-state index in [0.29, 0.717) is 11.2 Å². The van der Waals surface area contributed by atoms with E-state index >= 15 is 0 Å². The van der Waals surface area contributed by atoms with Gasteiger partial charge in [-0.05, 0) is 48.9 Å². The molecular weight excluding hydrogens is 418 g/mol. The quantitative estimate of drug-likeness (QED) is 0.600. The van der Waals surface area contributed by atoms with Gasteiger partial charge in [0.15, 0.2) is 0 Å². The molecule has 3 rings (SSSR count). The van der Waals surface area contributed by atoms with Crippen molar-refractivity contribution in [3.05, 3.63) is 70.3 Å². The van der Waals surface area contributed by atoms with Crippen LogP contribution in [0.1, 0.15) is 19.0 Å². The maximum Gasteiger partial charge on any atom is 0.331 e. The van der Waals surface area contributed by atoms with Crippen LogP contribution < -0.4 is 0 Å². The average Bonchev–Trinajstić information content (AvgIpc) is 2.98. The van der Waals surface area contributed by atoms with Gasteiger partial charge in [0.1, 0.15) is 0 Å². The fraction of sp³-hybridized carbons (Fsp3) is 0.105. The number of carboxylic acids is 1. The van der Waals surface area contributed by atoms with Crippen molar-refractivity contribution in [3.8, 4) is 0 Å². The lowest BCUT2D eigenvalue weighted by molar-refractivity contribution is -0.132. The first-order valence-corrected chi connectivity index (χ1v) is 10.1. The third kappa shape index (κ3) is 3.32. The second-order valence-corrected chi connectivity index (χ2v) is 8.38. The minimum Gasteiger partial charge on any atom is -0.478 e. The van der Waals surface area contributed by atoms with Gasteiger partial charge in [-0.25, -0.2) is 17.2 Å². The number of benzene rings is 2. The molecule has 134 valence electrons. The summed E-state index contributed by atoms with van der Waals surface area (Å²) in [5.41, 5.74) is 0.955. The van der Waals surface area contributed by atoms with Crippen LogP contribution in [0.4, 0.5) is 0 Å². The molecule has 0 bridgehead atoms. The molecule has 0 radical (unpaired) electrons. The Morgan fingerprint density at radius 1 is 1.15 bits per heavy atom. The van der Waals surface area contributed by atoms with E-state index in [4.69, 9.17) is 0 Å². The third-order valence-electron chi connectivity index (χ3n) is 4.02. The minimum atomic E-state index is -3.89. The molecule has 0 saturated carbocycles. The highest BCUT2D eigenvalue weighted by molar-refractivity contribution is 9.10. The molecule has 7 heteroatoms. The van der Waals surface area contributed by atoms with E-state index in [9.17, 15) is 18.3 Å². The normalized spacial score (nSPS) is 12.5. The highest BCUT2D eigenvalue weighted by atomic mass is 79.9. The highest BCUT2D eigenvalue weighted by Crippen LogP contribution is 2.28. The minimum absolute atomic E-state index is 0.130. The second-order valence-electron chi connectivity index (χ2n) is 5.68. The second kappa shape index (κ2) is 7.09. The van der Waals surface area contributed by atoms with Gasteiger partial charge < -0.3 is 5.11 Å². The van der Waals surface area contributed by atoms with Gasteiger partial charge in [0.2, 0.25) is 0 Å². The van der Waals surface area contributed by atoms with Crippen molar-refractivity contribution in [3.63, 3.8) is 0 Å². The number of rotatable bonds is 5. The smallest absolute Gasteiger partial charge is 0.331 e. The first-order valence-electron chi connectivity index (χ1n) is 7.90. The molecule has 0 amide bonds. The molecule has 5 nitrogen and oxygen atoms in total. The Bertz CT molecular complexity index is 1110. The van der Waals surface area contributed by atoms with Crippen LogP contribution in [0.15, 0.2) is 69.5 Å². The molecule has 1 heterocycles. The molecular formula is C19H16BrNO4S. The number of aliphatic carboxylic acids is 1. The highest BCUT2D eigenvalue weighted by Gasteiger charge is 2.23. The Balaban J connectivity index is 2.32. The summed E-state index contributed by atoms with van der Waals surface area (Å²) >= 11 is 3.30. The van der Waals surface area contributed by atoms with Gasteiger partial charge in [-0.2, -0.15) is 0 Å². The number of fused-ring (bicyclic) bond motifs is 1. The number of hydrogen-bond donors (Lipinski definition) is 1. The topological polar surface area (TPSA) is 76.4 Å². The molecule has 0 aliphatic heterocycles. The molecule has 26 heavy (non-hydrogen) atoms. The van der Waals surface area contributed by atoms with Crippen LogP contribution in [0.25, 0.3) is 17.0 Å². The van der Waals surface area contributed by atoms with E-state index in [1.54, 1.807) is 43.3 Å². The summed E-state index contributed by atoms with van der Waals surface area (Å²) in [6.45, 7) is 1.72. The van der Waals surface area contributed by atoms with Crippen LogP contribution in [-0.4, -0.2) is 23.5 Å². The molecule has 2 aromatic carbocycles. The number of halogens is 1. The molecule has 0 aliphatic carbocycles. The van der Waals surface area contributed by atoms with Crippen molar-refractivity contribution in [2.75, 3.05) is 0 Å². The Labute approximate surface area is 159 Å². The average molecular weight is 434 g/mol. The van der Waals surface area contributed by atoms with Crippen molar-refractivity contribution in [2.45, 2.75) is 18.2 Å². The van der Waals surface area contributed by atoms with E-state index in [2.05, 4.69) is 15.9 Å². The molecule has 1 N–H and O–H groups in total. The monoisotopic (exact) mass is 433 g/mol. The van der Waals surface area contributed by atoms with Crippen LogP contribution in [0.3, 0.4) is 0 Å². The van der Waals surface area contributed by atoms with Gasteiger partial charge in [-0.15, -0.1) is 0 Å². The third-order valence-corrected chi connectivity index (χ3v) is 6.31. The summed E-state index contributed by atoms with van der Waals surface area (Å²) in [4.78, 5) is 11.5. The first kappa shape index (κ1) is 18.4. The molecule has 1 aromatic heterocycles. The van der Waals surface area contributed by atoms with Crippen molar-refractivity contribution in [2.24, 2.45) is 0 Å². The maximum atomic E-state index is 13.3. The van der Waals surface area contributed by atoms with Crippen LogP contribution in [0, 0.1) is 0 Å². The summed E-state index contributed by atoms with van der Waals surface area (Å²) in [6, 6.07) is 15.1. The zero-order chi connectivity index (χ0) is 18.9. The van der Waals surface area contributed by atoms with Gasteiger partial charge in [0.05, 0.1) is 16.1 Å². The van der Waals surface area contributed by atoms with Gasteiger partial charge in [0, 0.05) is 15.4 Å². The number of nitrogens with zero attached hydrogens (tertiary/aromatic N) is 1. The lowest BCUT2D eigenvalue weighted by atomic mass is 10.1. The van der Waals surface area contributed by atoms with Crippen LogP contribution in [-0.2, 0) is 14.8 Å². The largest absolute Gasteiger partial charge is 0.478 e. The van der Waals surface area contributed by atoms with Gasteiger partial charge >= 0.3 is 5.97 Å². The predicted octanol–water partition coefficient (Wildman–Crippen LogP) is 4.52. The van der Waals surface area contributed by atoms with Crippen molar-refractivity contribution < 1.29 is 18.3 Å². The van der Waals surface area contributed by atoms with E-state index in [1.807, 2.05) is 6.07 Å². The molecule has 0 atom stereocenters. The standard InChI is InChI=1S/C19H16BrNO4S/c1-2-13(19(22)23)11-16-12-14-5-3-4-6-18(14)21(16)26(24,25)17-9-7-15(20)8-10-17/h3-12H,2H2,1H3,(H,22,23)/b13-11-. The fourth-order valence-electron chi connectivity index (χ4n) is 2.73. The molecule has 0 spiro atoms. The number of hydrogen-bond acceptors (Lipinski definition) is 3. The Kier molecular flexibility index (Phi) is 5.02. The lowest BCUT2D eigenvalue weighted by Gasteiger charge is -2.11. The molecule has 0 fully saturated rings. The van der Waals surface area contributed by atoms with Crippen LogP contribution in [0.2, 0.25) is 0 Å². The van der Waals surface area contributed by atoms with Crippen molar-refractivity contribution >= 4 is 48.9 Å². The Hall–Kier alpha value is -2.38. The molecule has 0 saturated heterocycles. The summed E-state index contributed by atoms with van der Waals surface area (Å²) in [5, 5.41) is 10.0. The molecule has 3 aromatic rings. The van der Waals surface area contributed by atoms with Crippen LogP contribution >= 0.6 is 15.9 Å². The Morgan fingerprint density at radius 3 is 2.42 bits per heavy atom. The summed E-state index contributed by atoms with van der Waals surface area (Å²) in [5.74, 6) is -1.06. The van der Waals surface area contributed by atoms with Gasteiger partial charge in [-0.1, -0.05) is 41.1 Å². The van der Waals surface area contributed by atoms with Crippen molar-refractivity contribution in [1.29, 1.82) is 0 Å². The van der Waals surface area contributed by atoms with E-state index in [1.165, 1.54) is 22.2 Å². The number of carboxylic acid groups (broad SMARTS) is 1. The van der Waals surface area contributed by atoms with Gasteiger partial charge in [0.25, 0.3) is 10.0 Å². The lowest BCUT2D eigenvalue weighted by Crippen LogP contribution is -2.14. The summed E-state index contributed by atoms with van der Waals surface area (Å²) in [6.07, 6.45) is 1.70. The SMILES string of the molecule is CC/C(=C/c1cc2ccccc2n1S(=O)(=O)c1ccc(Br)cc1)C(=O)O. The number of carbonyl (C=O) groups is 1. The zero-order valence-electron chi connectivity index (χ0n) is 13.9. The summed E-state index contributed by atoms with van der Waals surface area (Å²) < 4.78 is 28.5. The maximum absolute atomic E-state index is 13.3. The van der Waals surface area contributed by atoms with E-state index in [0.717, 1.165) is 9.86 Å². The fourth-order valence-corrected chi connectivity index (χ4v) is 4.49. The molecule has 0 unspecified atom stereocenters. The van der Waals surface area contributed by atoms with E-state index in [-0.39, 0.29) is 16.9 Å².